The maximum Gasteiger partial charge on any atom is 0.265 e. The van der Waals surface area contributed by atoms with Crippen molar-refractivity contribution in [2.45, 2.75) is 13.8 Å². The first-order valence-electron chi connectivity index (χ1n) is 8.18. The van der Waals surface area contributed by atoms with E-state index in [1.54, 1.807) is 12.2 Å². The number of hydrogen-bond donors (Lipinski definition) is 1. The van der Waals surface area contributed by atoms with Crippen molar-refractivity contribution in [3.63, 3.8) is 0 Å². The summed E-state index contributed by atoms with van der Waals surface area (Å²) in [7, 11) is 0. The van der Waals surface area contributed by atoms with Gasteiger partial charge in [0.15, 0.2) is 5.11 Å². The lowest BCUT2D eigenvalue weighted by Crippen LogP contribution is -2.53. The van der Waals surface area contributed by atoms with E-state index in [1.165, 1.54) is 4.90 Å². The zero-order chi connectivity index (χ0) is 18.8. The summed E-state index contributed by atoms with van der Waals surface area (Å²) < 4.78 is 2.09. The van der Waals surface area contributed by atoms with Crippen LogP contribution in [0.5, 0.6) is 0 Å². The number of nitrogens with one attached hydrogen (secondary N) is 1. The molecule has 6 heteroatoms. The second kappa shape index (κ2) is 7.09. The summed E-state index contributed by atoms with van der Waals surface area (Å²) in [5.41, 5.74) is 3.87. The fourth-order valence-corrected chi connectivity index (χ4v) is 3.30. The average molecular weight is 365 g/mol. The van der Waals surface area contributed by atoms with Gasteiger partial charge in [0.2, 0.25) is 0 Å². The van der Waals surface area contributed by atoms with Crippen molar-refractivity contribution in [3.05, 3.63) is 71.6 Å². The Morgan fingerprint density at radius 3 is 2.54 bits per heavy atom. The van der Waals surface area contributed by atoms with Crippen LogP contribution < -0.4 is 5.32 Å². The average Bonchev–Trinajstić information content (AvgIpc) is 2.89. The van der Waals surface area contributed by atoms with Crippen LogP contribution in [0.4, 0.5) is 0 Å². The molecule has 0 atom stereocenters. The number of nitrogens with zero attached hydrogens (tertiary/aromatic N) is 2. The molecule has 132 valence electrons. The minimum atomic E-state index is -0.482. The zero-order valence-corrected chi connectivity index (χ0v) is 15.5. The van der Waals surface area contributed by atoms with E-state index in [1.807, 2.05) is 50.2 Å². The molecule has 1 saturated heterocycles. The molecule has 0 saturated carbocycles. The van der Waals surface area contributed by atoms with Crippen molar-refractivity contribution in [1.29, 1.82) is 0 Å². The first-order chi connectivity index (χ1) is 12.4. The van der Waals surface area contributed by atoms with E-state index in [2.05, 4.69) is 16.5 Å². The molecule has 1 aromatic heterocycles. The van der Waals surface area contributed by atoms with Gasteiger partial charge < -0.3 is 4.57 Å². The smallest absolute Gasteiger partial charge is 0.265 e. The lowest BCUT2D eigenvalue weighted by molar-refractivity contribution is -0.128. The Bertz CT molecular complexity index is 941. The first kappa shape index (κ1) is 17.8. The molecule has 0 bridgehead atoms. The summed E-state index contributed by atoms with van der Waals surface area (Å²) in [6.45, 7) is 7.83. The van der Waals surface area contributed by atoms with E-state index in [0.29, 0.717) is 0 Å². The SMILES string of the molecule is C=CCN1C(=O)/C(=C/c2cc(C)n(-c3ccccc3)c2C)C(=O)NC1=S. The van der Waals surface area contributed by atoms with Crippen LogP contribution in [0.25, 0.3) is 11.8 Å². The van der Waals surface area contributed by atoms with E-state index in [9.17, 15) is 9.59 Å². The number of aromatic nitrogens is 1. The van der Waals surface area contributed by atoms with Gasteiger partial charge in [-0.05, 0) is 55.9 Å². The molecule has 1 aliphatic rings. The molecule has 1 aliphatic heterocycles. The van der Waals surface area contributed by atoms with Crippen LogP contribution in [0.15, 0.2) is 54.6 Å². The van der Waals surface area contributed by atoms with Crippen LogP contribution in [0, 0.1) is 13.8 Å². The van der Waals surface area contributed by atoms with Crippen LogP contribution in [0.3, 0.4) is 0 Å². The summed E-state index contributed by atoms with van der Waals surface area (Å²) in [6.07, 6.45) is 3.19. The van der Waals surface area contributed by atoms with Crippen LogP contribution in [-0.4, -0.2) is 32.9 Å². The van der Waals surface area contributed by atoms with E-state index < -0.39 is 11.8 Å². The van der Waals surface area contributed by atoms with Gasteiger partial charge in [0.05, 0.1) is 0 Å². The molecule has 0 spiro atoms. The highest BCUT2D eigenvalue weighted by atomic mass is 32.1. The molecule has 2 heterocycles. The molecular formula is C20H19N3O2S. The summed E-state index contributed by atoms with van der Waals surface area (Å²) in [4.78, 5) is 26.3. The second-order valence-electron chi connectivity index (χ2n) is 6.02. The highest BCUT2D eigenvalue weighted by Crippen LogP contribution is 2.24. The molecular weight excluding hydrogens is 346 g/mol. The highest BCUT2D eigenvalue weighted by Gasteiger charge is 2.32. The number of hydrogen-bond acceptors (Lipinski definition) is 3. The fraction of sp³-hybridized carbons (Fsp3) is 0.150. The van der Waals surface area contributed by atoms with E-state index in [4.69, 9.17) is 12.2 Å². The Balaban J connectivity index is 2.05. The molecule has 0 aliphatic carbocycles. The van der Waals surface area contributed by atoms with Crippen LogP contribution in [-0.2, 0) is 9.59 Å². The number of carbonyl (C=O) groups excluding carboxylic acids is 2. The van der Waals surface area contributed by atoms with Gasteiger partial charge in [-0.2, -0.15) is 0 Å². The van der Waals surface area contributed by atoms with Gasteiger partial charge in [-0.25, -0.2) is 0 Å². The maximum absolute atomic E-state index is 12.7. The van der Waals surface area contributed by atoms with Crippen molar-refractivity contribution >= 4 is 35.2 Å². The second-order valence-corrected chi connectivity index (χ2v) is 6.41. The quantitative estimate of drug-likeness (QED) is 0.392. The molecule has 1 aromatic carbocycles. The standard InChI is InChI=1S/C20H19N3O2S/c1-4-10-22-19(25)17(18(24)21-20(22)26)12-15-11-13(2)23(14(15)3)16-8-6-5-7-9-16/h4-9,11-12H,1,10H2,2-3H3,(H,21,24,26)/b17-12+. The lowest BCUT2D eigenvalue weighted by Gasteiger charge is -2.27. The third-order valence-corrected chi connectivity index (χ3v) is 4.60. The Labute approximate surface area is 157 Å². The minimum absolute atomic E-state index is 0.0637. The summed E-state index contributed by atoms with van der Waals surface area (Å²) >= 11 is 5.07. The van der Waals surface area contributed by atoms with E-state index >= 15 is 0 Å². The molecule has 5 nitrogen and oxygen atoms in total. The molecule has 1 N–H and O–H groups in total. The summed E-state index contributed by atoms with van der Waals surface area (Å²) in [6, 6.07) is 11.9. The molecule has 0 unspecified atom stereocenters. The van der Waals surface area contributed by atoms with E-state index in [-0.39, 0.29) is 17.2 Å². The lowest BCUT2D eigenvalue weighted by atomic mass is 10.1. The van der Waals surface area contributed by atoms with Crippen molar-refractivity contribution in [2.75, 3.05) is 6.54 Å². The number of para-hydroxylation sites is 1. The summed E-state index contributed by atoms with van der Waals surface area (Å²) in [5, 5.41) is 2.67. The Hall–Kier alpha value is -2.99. The normalized spacial score (nSPS) is 16.2. The van der Waals surface area contributed by atoms with E-state index in [0.717, 1.165) is 22.6 Å². The number of rotatable bonds is 4. The molecule has 2 amide bonds. The predicted molar refractivity (Wildman–Crippen MR) is 106 cm³/mol. The Kier molecular flexibility index (Phi) is 4.86. The third kappa shape index (κ3) is 3.11. The van der Waals surface area contributed by atoms with Gasteiger partial charge in [-0.15, -0.1) is 6.58 Å². The Morgan fingerprint density at radius 2 is 1.88 bits per heavy atom. The monoisotopic (exact) mass is 365 g/mol. The number of benzene rings is 1. The van der Waals surface area contributed by atoms with Crippen LogP contribution in [0.1, 0.15) is 17.0 Å². The van der Waals surface area contributed by atoms with Crippen molar-refractivity contribution in [1.82, 2.24) is 14.8 Å². The molecule has 0 radical (unpaired) electrons. The first-order valence-corrected chi connectivity index (χ1v) is 8.59. The van der Waals surface area contributed by atoms with Gasteiger partial charge in [0, 0.05) is 23.6 Å². The molecule has 1 fully saturated rings. The number of aryl methyl sites for hydroxylation is 1. The van der Waals surface area contributed by atoms with Gasteiger partial charge in [-0.1, -0.05) is 24.3 Å². The highest BCUT2D eigenvalue weighted by molar-refractivity contribution is 7.80. The topological polar surface area (TPSA) is 54.3 Å². The fourth-order valence-electron chi connectivity index (χ4n) is 3.05. The summed E-state index contributed by atoms with van der Waals surface area (Å²) in [5.74, 6) is -0.895. The number of thiocarbonyl (C=S) groups is 1. The van der Waals surface area contributed by atoms with Gasteiger partial charge in [-0.3, -0.25) is 19.8 Å². The van der Waals surface area contributed by atoms with Gasteiger partial charge >= 0.3 is 0 Å². The van der Waals surface area contributed by atoms with Gasteiger partial charge in [0.25, 0.3) is 11.8 Å². The number of carbonyl (C=O) groups is 2. The van der Waals surface area contributed by atoms with Crippen LogP contribution >= 0.6 is 12.2 Å². The van der Waals surface area contributed by atoms with Crippen LogP contribution in [0.2, 0.25) is 0 Å². The van der Waals surface area contributed by atoms with Crippen molar-refractivity contribution < 1.29 is 9.59 Å². The minimum Gasteiger partial charge on any atom is -0.318 e. The van der Waals surface area contributed by atoms with Crippen molar-refractivity contribution in [3.8, 4) is 5.69 Å². The zero-order valence-electron chi connectivity index (χ0n) is 14.7. The molecule has 26 heavy (non-hydrogen) atoms. The predicted octanol–water partition coefficient (Wildman–Crippen LogP) is 2.91. The largest absolute Gasteiger partial charge is 0.318 e. The Morgan fingerprint density at radius 1 is 1.19 bits per heavy atom. The number of amides is 2. The third-order valence-electron chi connectivity index (χ3n) is 4.28. The van der Waals surface area contributed by atoms with Gasteiger partial charge in [0.1, 0.15) is 5.57 Å². The molecule has 2 aromatic rings. The van der Waals surface area contributed by atoms with Crippen molar-refractivity contribution in [2.24, 2.45) is 0 Å². The maximum atomic E-state index is 12.7. The molecule has 3 rings (SSSR count).